The normalized spacial score (nSPS) is 12.1. The maximum absolute atomic E-state index is 11.7. The van der Waals surface area contributed by atoms with Crippen molar-refractivity contribution < 1.29 is 14.7 Å². The molecule has 0 spiro atoms. The second-order valence-corrected chi connectivity index (χ2v) is 5.85. The first-order chi connectivity index (χ1) is 8.50. The fourth-order valence-corrected chi connectivity index (χ4v) is 2.85. The third-order valence-corrected chi connectivity index (χ3v) is 4.15. The molecule has 1 rings (SSSR count). The third kappa shape index (κ3) is 5.07. The van der Waals surface area contributed by atoms with Crippen LogP contribution in [0.15, 0.2) is 17.5 Å². The summed E-state index contributed by atoms with van der Waals surface area (Å²) in [5.74, 6) is -0.565. The summed E-state index contributed by atoms with van der Waals surface area (Å²) < 4.78 is 0. The minimum atomic E-state index is -1.04. The van der Waals surface area contributed by atoms with Crippen LogP contribution in [0.4, 0.5) is 0 Å². The molecule has 0 aromatic carbocycles. The molecule has 100 valence electrons. The second kappa shape index (κ2) is 7.40. The van der Waals surface area contributed by atoms with Crippen LogP contribution in [0.25, 0.3) is 0 Å². The Morgan fingerprint density at radius 1 is 1.61 bits per heavy atom. The van der Waals surface area contributed by atoms with Gasteiger partial charge in [-0.15, -0.1) is 23.1 Å². The van der Waals surface area contributed by atoms with Crippen molar-refractivity contribution in [1.82, 2.24) is 4.90 Å². The van der Waals surface area contributed by atoms with E-state index in [2.05, 4.69) is 0 Å². The van der Waals surface area contributed by atoms with E-state index in [1.807, 2.05) is 17.5 Å². The number of rotatable bonds is 7. The van der Waals surface area contributed by atoms with E-state index in [4.69, 9.17) is 10.8 Å². The van der Waals surface area contributed by atoms with Gasteiger partial charge in [-0.05, 0) is 11.4 Å². The number of carbonyl (C=O) groups excluding carboxylic acids is 1. The van der Waals surface area contributed by atoms with Crippen LogP contribution in [0.3, 0.4) is 0 Å². The van der Waals surface area contributed by atoms with Crippen LogP contribution in [0.5, 0.6) is 0 Å². The van der Waals surface area contributed by atoms with E-state index in [0.29, 0.717) is 6.54 Å². The maximum atomic E-state index is 11.7. The first-order valence-electron chi connectivity index (χ1n) is 5.33. The number of nitrogens with two attached hydrogens (primary N) is 1. The number of carboxylic acid groups (broad SMARTS) is 1. The van der Waals surface area contributed by atoms with E-state index < -0.39 is 12.0 Å². The van der Waals surface area contributed by atoms with Gasteiger partial charge in [0.1, 0.15) is 6.04 Å². The predicted molar refractivity (Wildman–Crippen MR) is 73.7 cm³/mol. The molecule has 1 aromatic rings. The number of carboxylic acids is 1. The number of aliphatic carboxylic acids is 1. The number of nitrogens with zero attached hydrogens (tertiary/aromatic N) is 1. The SMILES string of the molecule is CN(Cc1cccs1)C(=O)CSC[C@@H](N)C(=O)O. The van der Waals surface area contributed by atoms with Crippen molar-refractivity contribution in [3.63, 3.8) is 0 Å². The van der Waals surface area contributed by atoms with Crippen molar-refractivity contribution in [3.05, 3.63) is 22.4 Å². The summed E-state index contributed by atoms with van der Waals surface area (Å²) in [4.78, 5) is 25.0. The Balaban J connectivity index is 2.26. The molecular weight excluding hydrogens is 272 g/mol. The molecule has 0 radical (unpaired) electrons. The summed E-state index contributed by atoms with van der Waals surface area (Å²) in [5.41, 5.74) is 5.34. The lowest BCUT2D eigenvalue weighted by Gasteiger charge is -2.16. The molecule has 1 amide bonds. The lowest BCUT2D eigenvalue weighted by molar-refractivity contribution is -0.138. The van der Waals surface area contributed by atoms with Crippen LogP contribution < -0.4 is 5.73 Å². The molecule has 0 aliphatic carbocycles. The number of carbonyl (C=O) groups is 2. The molecule has 5 nitrogen and oxygen atoms in total. The first-order valence-corrected chi connectivity index (χ1v) is 7.36. The molecule has 7 heteroatoms. The van der Waals surface area contributed by atoms with Crippen LogP contribution >= 0.6 is 23.1 Å². The average Bonchev–Trinajstić information content (AvgIpc) is 2.81. The first kappa shape index (κ1) is 15.0. The lowest BCUT2D eigenvalue weighted by Crippen LogP contribution is -2.33. The predicted octanol–water partition coefficient (Wildman–Crippen LogP) is 0.852. The van der Waals surface area contributed by atoms with E-state index in [-0.39, 0.29) is 17.4 Å². The van der Waals surface area contributed by atoms with E-state index in [0.717, 1.165) is 4.88 Å². The highest BCUT2D eigenvalue weighted by Gasteiger charge is 2.14. The van der Waals surface area contributed by atoms with E-state index in [1.54, 1.807) is 23.3 Å². The van der Waals surface area contributed by atoms with Crippen molar-refractivity contribution in [1.29, 1.82) is 0 Å². The third-order valence-electron chi connectivity index (χ3n) is 2.24. The van der Waals surface area contributed by atoms with Gasteiger partial charge in [0.2, 0.25) is 5.91 Å². The molecule has 0 aliphatic heterocycles. The molecule has 0 saturated heterocycles. The Kier molecular flexibility index (Phi) is 6.17. The molecule has 3 N–H and O–H groups in total. The zero-order chi connectivity index (χ0) is 13.5. The topological polar surface area (TPSA) is 83.6 Å². The van der Waals surface area contributed by atoms with Gasteiger partial charge in [0.15, 0.2) is 0 Å². The highest BCUT2D eigenvalue weighted by Crippen LogP contribution is 2.12. The minimum absolute atomic E-state index is 0.0222. The average molecular weight is 288 g/mol. The Labute approximate surface area is 114 Å². The van der Waals surface area contributed by atoms with Crippen LogP contribution in [0.1, 0.15) is 4.88 Å². The second-order valence-electron chi connectivity index (χ2n) is 3.79. The molecule has 0 bridgehead atoms. The Morgan fingerprint density at radius 2 is 2.33 bits per heavy atom. The molecule has 0 unspecified atom stereocenters. The van der Waals surface area contributed by atoms with Crippen LogP contribution in [0, 0.1) is 0 Å². The summed E-state index contributed by atoms with van der Waals surface area (Å²) >= 11 is 2.85. The number of amides is 1. The van der Waals surface area contributed by atoms with Crippen LogP contribution in [-0.2, 0) is 16.1 Å². The summed E-state index contributed by atoms with van der Waals surface area (Å²) in [7, 11) is 1.74. The highest BCUT2D eigenvalue weighted by molar-refractivity contribution is 8.00. The van der Waals surface area contributed by atoms with E-state index >= 15 is 0 Å². The zero-order valence-corrected chi connectivity index (χ0v) is 11.7. The molecular formula is C11H16N2O3S2. The summed E-state index contributed by atoms with van der Waals surface area (Å²) in [6.45, 7) is 0.585. The molecule has 18 heavy (non-hydrogen) atoms. The van der Waals surface area contributed by atoms with Crippen molar-refractivity contribution in [2.75, 3.05) is 18.6 Å². The summed E-state index contributed by atoms with van der Waals surface area (Å²) in [6.07, 6.45) is 0. The zero-order valence-electron chi connectivity index (χ0n) is 10.0. The molecule has 1 atom stereocenters. The standard InChI is InChI=1S/C11H16N2O3S2/c1-13(5-8-3-2-4-18-8)10(14)7-17-6-9(12)11(15)16/h2-4,9H,5-7,12H2,1H3,(H,15,16)/t9-/m1/s1. The minimum Gasteiger partial charge on any atom is -0.480 e. The molecule has 0 fully saturated rings. The maximum Gasteiger partial charge on any atom is 0.321 e. The smallest absolute Gasteiger partial charge is 0.321 e. The van der Waals surface area contributed by atoms with Gasteiger partial charge in [-0.1, -0.05) is 6.07 Å². The van der Waals surface area contributed by atoms with Gasteiger partial charge in [-0.25, -0.2) is 0 Å². The Hall–Kier alpha value is -1.05. The number of hydrogen-bond acceptors (Lipinski definition) is 5. The molecule has 0 aliphatic rings. The summed E-state index contributed by atoms with van der Waals surface area (Å²) in [5, 5.41) is 10.6. The van der Waals surface area contributed by atoms with E-state index in [9.17, 15) is 9.59 Å². The molecule has 0 saturated carbocycles. The fourth-order valence-electron chi connectivity index (χ4n) is 1.18. The van der Waals surface area contributed by atoms with Gasteiger partial charge >= 0.3 is 5.97 Å². The fraction of sp³-hybridized carbons (Fsp3) is 0.455. The van der Waals surface area contributed by atoms with Gasteiger partial charge in [-0.2, -0.15) is 0 Å². The Morgan fingerprint density at radius 3 is 2.89 bits per heavy atom. The van der Waals surface area contributed by atoms with Crippen molar-refractivity contribution in [3.8, 4) is 0 Å². The number of thioether (sulfide) groups is 1. The molecule has 1 aromatic heterocycles. The molecule has 1 heterocycles. The lowest BCUT2D eigenvalue weighted by atomic mass is 10.4. The number of thiophene rings is 1. The largest absolute Gasteiger partial charge is 0.480 e. The summed E-state index contributed by atoms with van der Waals surface area (Å²) in [6, 6.07) is 3.01. The van der Waals surface area contributed by atoms with Gasteiger partial charge in [0.25, 0.3) is 0 Å². The van der Waals surface area contributed by atoms with Crippen molar-refractivity contribution in [2.45, 2.75) is 12.6 Å². The van der Waals surface area contributed by atoms with Crippen molar-refractivity contribution in [2.24, 2.45) is 5.73 Å². The van der Waals surface area contributed by atoms with Gasteiger partial charge in [0.05, 0.1) is 12.3 Å². The number of hydrogen-bond donors (Lipinski definition) is 2. The van der Waals surface area contributed by atoms with Gasteiger partial charge in [-0.3, -0.25) is 9.59 Å². The van der Waals surface area contributed by atoms with Crippen LogP contribution in [0.2, 0.25) is 0 Å². The quantitative estimate of drug-likeness (QED) is 0.777. The van der Waals surface area contributed by atoms with Gasteiger partial charge < -0.3 is 15.7 Å². The Bertz CT molecular complexity index is 395. The monoisotopic (exact) mass is 288 g/mol. The highest BCUT2D eigenvalue weighted by atomic mass is 32.2. The van der Waals surface area contributed by atoms with Crippen LogP contribution in [-0.4, -0.2) is 46.5 Å². The van der Waals surface area contributed by atoms with Crippen molar-refractivity contribution >= 4 is 35.0 Å². The van der Waals surface area contributed by atoms with Gasteiger partial charge in [0, 0.05) is 17.7 Å². The van der Waals surface area contributed by atoms with E-state index in [1.165, 1.54) is 11.8 Å².